The number of halogens is 1. The Morgan fingerprint density at radius 1 is 1.41 bits per heavy atom. The molecule has 1 heterocycles. The molecule has 0 aliphatic rings. The number of nitrogen functional groups attached to an aromatic ring is 1. The van der Waals surface area contributed by atoms with E-state index in [1.807, 2.05) is 25.4 Å². The highest BCUT2D eigenvalue weighted by atomic mass is 35.5. The van der Waals surface area contributed by atoms with Gasteiger partial charge in [0.2, 0.25) is 0 Å². The number of aromatic amines is 1. The quantitative estimate of drug-likeness (QED) is 0.729. The van der Waals surface area contributed by atoms with E-state index in [9.17, 15) is 0 Å². The Balaban J connectivity index is 1.97. The predicted molar refractivity (Wildman–Crippen MR) is 73.6 cm³/mol. The second kappa shape index (κ2) is 5.15. The number of nitrogens with two attached hydrogens (primary N) is 1. The Morgan fingerprint density at radius 2 is 2.24 bits per heavy atom. The van der Waals surface area contributed by atoms with Crippen molar-refractivity contribution < 1.29 is 0 Å². The number of aromatic nitrogens is 1. The third-order valence-corrected chi connectivity index (χ3v) is 3.13. The third-order valence-electron chi connectivity index (χ3n) is 2.72. The highest BCUT2D eigenvalue weighted by Gasteiger charge is 2.03. The van der Waals surface area contributed by atoms with Crippen molar-refractivity contribution in [1.29, 1.82) is 0 Å². The van der Waals surface area contributed by atoms with Gasteiger partial charge in [-0.25, -0.2) is 0 Å². The van der Waals surface area contributed by atoms with Crippen molar-refractivity contribution in [1.82, 2.24) is 4.98 Å². The molecule has 0 radical (unpaired) electrons. The lowest BCUT2D eigenvalue weighted by molar-refractivity contribution is 1.02. The molecule has 1 aromatic heterocycles. The van der Waals surface area contributed by atoms with E-state index in [1.165, 1.54) is 5.56 Å². The second-order valence-electron chi connectivity index (χ2n) is 4.08. The molecule has 0 aliphatic heterocycles. The van der Waals surface area contributed by atoms with Crippen LogP contribution in [0, 0.1) is 6.92 Å². The Bertz CT molecular complexity index is 492. The summed E-state index contributed by atoms with van der Waals surface area (Å²) in [4.78, 5) is 3.04. The van der Waals surface area contributed by atoms with Gasteiger partial charge in [-0.1, -0.05) is 11.6 Å². The number of hydrogen-bond acceptors (Lipinski definition) is 2. The Kier molecular flexibility index (Phi) is 3.59. The minimum atomic E-state index is 0.690. The molecule has 1 aromatic carbocycles. The van der Waals surface area contributed by atoms with Crippen molar-refractivity contribution >= 4 is 23.0 Å². The highest BCUT2D eigenvalue weighted by molar-refractivity contribution is 6.31. The van der Waals surface area contributed by atoms with Crippen LogP contribution in [0.1, 0.15) is 11.1 Å². The number of nitrogens with one attached hydrogen (secondary N) is 2. The minimum absolute atomic E-state index is 0.690. The zero-order valence-electron chi connectivity index (χ0n) is 9.76. The molecule has 4 heteroatoms. The molecule has 90 valence electrons. The molecule has 2 rings (SSSR count). The second-order valence-corrected chi connectivity index (χ2v) is 4.49. The van der Waals surface area contributed by atoms with Crippen LogP contribution in [0.3, 0.4) is 0 Å². The van der Waals surface area contributed by atoms with Crippen LogP contribution in [0.4, 0.5) is 11.4 Å². The van der Waals surface area contributed by atoms with E-state index < -0.39 is 0 Å². The van der Waals surface area contributed by atoms with E-state index in [2.05, 4.69) is 16.4 Å². The summed E-state index contributed by atoms with van der Waals surface area (Å²) in [6, 6.07) is 5.84. The standard InChI is InChI=1S/C13H16ClN3/c1-9-6-13(12(15)7-11(9)14)17-5-3-10-2-4-16-8-10/h2,4,6-8,16-17H,3,5,15H2,1H3. The SMILES string of the molecule is Cc1cc(NCCc2cc[nH]c2)c(N)cc1Cl. The molecule has 0 amide bonds. The fourth-order valence-electron chi connectivity index (χ4n) is 1.71. The van der Waals surface area contributed by atoms with Crippen molar-refractivity contribution in [3.8, 4) is 0 Å². The number of anilines is 2. The minimum Gasteiger partial charge on any atom is -0.397 e. The maximum Gasteiger partial charge on any atom is 0.0577 e. The Hall–Kier alpha value is -1.61. The summed E-state index contributed by atoms with van der Waals surface area (Å²) in [6.45, 7) is 2.82. The Morgan fingerprint density at radius 3 is 2.94 bits per heavy atom. The van der Waals surface area contributed by atoms with Gasteiger partial charge in [0.15, 0.2) is 0 Å². The highest BCUT2D eigenvalue weighted by Crippen LogP contribution is 2.26. The largest absolute Gasteiger partial charge is 0.397 e. The van der Waals surface area contributed by atoms with Gasteiger partial charge in [-0.2, -0.15) is 0 Å². The lowest BCUT2D eigenvalue weighted by Gasteiger charge is -2.10. The number of benzene rings is 1. The van der Waals surface area contributed by atoms with Crippen molar-refractivity contribution in [3.05, 3.63) is 46.7 Å². The summed E-state index contributed by atoms with van der Waals surface area (Å²) in [5, 5.41) is 4.03. The molecule has 0 saturated carbocycles. The van der Waals surface area contributed by atoms with Crippen molar-refractivity contribution in [2.75, 3.05) is 17.6 Å². The van der Waals surface area contributed by atoms with Gasteiger partial charge in [-0.3, -0.25) is 0 Å². The van der Waals surface area contributed by atoms with Crippen LogP contribution in [0.25, 0.3) is 0 Å². The van der Waals surface area contributed by atoms with Crippen molar-refractivity contribution in [3.63, 3.8) is 0 Å². The van der Waals surface area contributed by atoms with Crippen LogP contribution in [-0.2, 0) is 6.42 Å². The lowest BCUT2D eigenvalue weighted by atomic mass is 10.2. The summed E-state index contributed by atoms with van der Waals surface area (Å²) in [5.74, 6) is 0. The van der Waals surface area contributed by atoms with E-state index in [0.717, 1.165) is 24.2 Å². The van der Waals surface area contributed by atoms with Gasteiger partial charge >= 0.3 is 0 Å². The average Bonchev–Trinajstić information content (AvgIpc) is 2.78. The van der Waals surface area contributed by atoms with Gasteiger partial charge in [0.05, 0.1) is 11.4 Å². The van der Waals surface area contributed by atoms with Gasteiger partial charge in [-0.15, -0.1) is 0 Å². The summed E-state index contributed by atoms with van der Waals surface area (Å²) >= 11 is 5.99. The van der Waals surface area contributed by atoms with E-state index in [0.29, 0.717) is 10.7 Å². The normalized spacial score (nSPS) is 10.5. The molecule has 3 nitrogen and oxygen atoms in total. The zero-order valence-corrected chi connectivity index (χ0v) is 10.5. The number of H-pyrrole nitrogens is 1. The molecule has 0 spiro atoms. The van der Waals surface area contributed by atoms with E-state index in [1.54, 1.807) is 6.07 Å². The number of aryl methyl sites for hydroxylation is 1. The maximum absolute atomic E-state index is 5.99. The fourth-order valence-corrected chi connectivity index (χ4v) is 1.88. The summed E-state index contributed by atoms with van der Waals surface area (Å²) in [7, 11) is 0. The van der Waals surface area contributed by atoms with Crippen molar-refractivity contribution in [2.45, 2.75) is 13.3 Å². The molecular formula is C13H16ClN3. The third kappa shape index (κ3) is 2.94. The van der Waals surface area contributed by atoms with Crippen LogP contribution < -0.4 is 11.1 Å². The molecular weight excluding hydrogens is 234 g/mol. The lowest BCUT2D eigenvalue weighted by Crippen LogP contribution is -2.06. The molecule has 2 aromatic rings. The maximum atomic E-state index is 5.99. The summed E-state index contributed by atoms with van der Waals surface area (Å²) in [5.41, 5.74) is 9.84. The molecule has 0 aliphatic carbocycles. The molecule has 0 saturated heterocycles. The van der Waals surface area contributed by atoms with Crippen LogP contribution in [0.5, 0.6) is 0 Å². The molecule has 0 unspecified atom stereocenters. The van der Waals surface area contributed by atoms with Crippen LogP contribution in [0.15, 0.2) is 30.6 Å². The number of rotatable bonds is 4. The monoisotopic (exact) mass is 249 g/mol. The summed E-state index contributed by atoms with van der Waals surface area (Å²) < 4.78 is 0. The summed E-state index contributed by atoms with van der Waals surface area (Å²) in [6.07, 6.45) is 4.89. The first-order chi connectivity index (χ1) is 8.16. The molecule has 17 heavy (non-hydrogen) atoms. The Labute approximate surface area is 106 Å². The van der Waals surface area contributed by atoms with Gasteiger partial charge < -0.3 is 16.0 Å². The van der Waals surface area contributed by atoms with E-state index >= 15 is 0 Å². The van der Waals surface area contributed by atoms with Gasteiger partial charge in [0.1, 0.15) is 0 Å². The first kappa shape index (κ1) is 11.9. The van der Waals surface area contributed by atoms with Crippen LogP contribution in [-0.4, -0.2) is 11.5 Å². The number of hydrogen-bond donors (Lipinski definition) is 3. The first-order valence-corrected chi connectivity index (χ1v) is 5.96. The van der Waals surface area contributed by atoms with Gasteiger partial charge in [-0.05, 0) is 42.7 Å². The average molecular weight is 250 g/mol. The molecule has 0 bridgehead atoms. The molecule has 0 atom stereocenters. The van der Waals surface area contributed by atoms with Gasteiger partial charge in [0.25, 0.3) is 0 Å². The van der Waals surface area contributed by atoms with E-state index in [4.69, 9.17) is 17.3 Å². The molecule has 0 fully saturated rings. The van der Waals surface area contributed by atoms with Crippen LogP contribution >= 0.6 is 11.6 Å². The molecule has 4 N–H and O–H groups in total. The van der Waals surface area contributed by atoms with Crippen molar-refractivity contribution in [2.24, 2.45) is 0 Å². The smallest absolute Gasteiger partial charge is 0.0577 e. The fraction of sp³-hybridized carbons (Fsp3) is 0.231. The van der Waals surface area contributed by atoms with Crippen LogP contribution in [0.2, 0.25) is 5.02 Å². The zero-order chi connectivity index (χ0) is 12.3. The topological polar surface area (TPSA) is 53.8 Å². The van der Waals surface area contributed by atoms with E-state index in [-0.39, 0.29) is 0 Å². The van der Waals surface area contributed by atoms with Gasteiger partial charge in [0, 0.05) is 24.0 Å². The predicted octanol–water partition coefficient (Wildman–Crippen LogP) is 3.21. The first-order valence-electron chi connectivity index (χ1n) is 5.58.